The molecule has 0 radical (unpaired) electrons. The maximum absolute atomic E-state index is 11.7. The van der Waals surface area contributed by atoms with Crippen molar-refractivity contribution in [3.8, 4) is 0 Å². The van der Waals surface area contributed by atoms with Gasteiger partial charge in [-0.1, -0.05) is 19.3 Å². The molecule has 2 saturated carbocycles. The molecule has 2 fully saturated rings. The fourth-order valence-electron chi connectivity index (χ4n) is 3.19. The minimum absolute atomic E-state index is 0.0868. The van der Waals surface area contributed by atoms with Crippen LogP contribution in [0.2, 0.25) is 0 Å². The van der Waals surface area contributed by atoms with Gasteiger partial charge in [0.1, 0.15) is 9.84 Å². The number of nitrogens with one attached hydrogen (secondary N) is 1. The van der Waals surface area contributed by atoms with Crippen molar-refractivity contribution in [1.29, 1.82) is 0 Å². The molecule has 100 valence electrons. The van der Waals surface area contributed by atoms with Gasteiger partial charge < -0.3 is 5.32 Å². The van der Waals surface area contributed by atoms with Crippen LogP contribution < -0.4 is 5.32 Å². The number of sulfone groups is 1. The van der Waals surface area contributed by atoms with Crippen molar-refractivity contribution in [2.45, 2.75) is 56.2 Å². The monoisotopic (exact) mass is 259 g/mol. The van der Waals surface area contributed by atoms with Crippen molar-refractivity contribution in [3.05, 3.63) is 0 Å². The molecule has 0 aliphatic heterocycles. The molecule has 0 aromatic rings. The Labute approximate surface area is 105 Å². The zero-order valence-corrected chi connectivity index (χ0v) is 11.8. The summed E-state index contributed by atoms with van der Waals surface area (Å²) < 4.78 is 23.3. The van der Waals surface area contributed by atoms with E-state index in [9.17, 15) is 8.42 Å². The van der Waals surface area contributed by atoms with Gasteiger partial charge in [0.25, 0.3) is 0 Å². The van der Waals surface area contributed by atoms with E-state index in [1.807, 2.05) is 7.05 Å². The summed E-state index contributed by atoms with van der Waals surface area (Å²) in [4.78, 5) is 0. The zero-order valence-electron chi connectivity index (χ0n) is 11.0. The largest absolute Gasteiger partial charge is 0.317 e. The summed E-state index contributed by atoms with van der Waals surface area (Å²) in [5.74, 6) is 1.47. The normalized spacial score (nSPS) is 32.4. The van der Waals surface area contributed by atoms with Crippen LogP contribution in [0.1, 0.15) is 44.9 Å². The van der Waals surface area contributed by atoms with Crippen molar-refractivity contribution in [1.82, 2.24) is 5.32 Å². The highest BCUT2D eigenvalue weighted by Crippen LogP contribution is 2.38. The fraction of sp³-hybridized carbons (Fsp3) is 1.00. The smallest absolute Gasteiger partial charge is 0.150 e. The zero-order chi connectivity index (χ0) is 12.5. The summed E-state index contributed by atoms with van der Waals surface area (Å²) in [6.45, 7) is 0. The van der Waals surface area contributed by atoms with Crippen LogP contribution in [0.4, 0.5) is 0 Å². The van der Waals surface area contributed by atoms with Crippen molar-refractivity contribution in [3.63, 3.8) is 0 Å². The van der Waals surface area contributed by atoms with Gasteiger partial charge in [0.15, 0.2) is 0 Å². The van der Waals surface area contributed by atoms with Gasteiger partial charge in [-0.25, -0.2) is 8.42 Å². The van der Waals surface area contributed by atoms with Crippen LogP contribution in [0.3, 0.4) is 0 Å². The lowest BCUT2D eigenvalue weighted by Crippen LogP contribution is -2.39. The Kier molecular flexibility index (Phi) is 4.14. The standard InChI is InChI=1S/C13H25NO2S/c1-14-13(8-10-6-7-10)11-4-3-5-12(9-11)17(2,15)16/h10-14H,3-9H2,1-2H3. The second-order valence-corrected chi connectivity index (χ2v) is 8.28. The molecule has 0 saturated heterocycles. The average Bonchev–Trinajstić information content (AvgIpc) is 3.09. The first kappa shape index (κ1) is 13.3. The van der Waals surface area contributed by atoms with Crippen LogP contribution in [-0.2, 0) is 9.84 Å². The van der Waals surface area contributed by atoms with Gasteiger partial charge in [0.05, 0.1) is 5.25 Å². The highest BCUT2D eigenvalue weighted by atomic mass is 32.2. The molecule has 0 aromatic heterocycles. The molecule has 2 rings (SSSR count). The molecular formula is C13H25NO2S. The average molecular weight is 259 g/mol. The third-order valence-electron chi connectivity index (χ3n) is 4.50. The molecule has 0 aromatic carbocycles. The first-order chi connectivity index (χ1) is 8.00. The third kappa shape index (κ3) is 3.68. The lowest BCUT2D eigenvalue weighted by atomic mass is 9.81. The summed E-state index contributed by atoms with van der Waals surface area (Å²) in [7, 11) is -0.816. The molecule has 0 amide bonds. The van der Waals surface area contributed by atoms with E-state index < -0.39 is 9.84 Å². The summed E-state index contributed by atoms with van der Waals surface area (Å²) in [5.41, 5.74) is 0. The maximum atomic E-state index is 11.7. The molecule has 0 bridgehead atoms. The topological polar surface area (TPSA) is 46.2 Å². The van der Waals surface area contributed by atoms with E-state index in [2.05, 4.69) is 5.32 Å². The molecule has 2 aliphatic rings. The van der Waals surface area contributed by atoms with E-state index in [1.165, 1.54) is 31.9 Å². The van der Waals surface area contributed by atoms with Gasteiger partial charge in [-0.3, -0.25) is 0 Å². The van der Waals surface area contributed by atoms with E-state index in [0.717, 1.165) is 25.2 Å². The van der Waals surface area contributed by atoms with E-state index in [1.54, 1.807) is 0 Å². The van der Waals surface area contributed by atoms with E-state index in [4.69, 9.17) is 0 Å². The first-order valence-corrected chi connectivity index (χ1v) is 8.82. The molecule has 17 heavy (non-hydrogen) atoms. The van der Waals surface area contributed by atoms with Crippen LogP contribution in [0.25, 0.3) is 0 Å². The highest BCUT2D eigenvalue weighted by molar-refractivity contribution is 7.91. The van der Waals surface area contributed by atoms with Crippen LogP contribution in [-0.4, -0.2) is 33.0 Å². The lowest BCUT2D eigenvalue weighted by Gasteiger charge is -2.34. The number of rotatable bonds is 5. The van der Waals surface area contributed by atoms with Gasteiger partial charge in [0, 0.05) is 12.3 Å². The van der Waals surface area contributed by atoms with Crippen LogP contribution in [0, 0.1) is 11.8 Å². The van der Waals surface area contributed by atoms with Crippen LogP contribution in [0.5, 0.6) is 0 Å². The molecule has 3 unspecified atom stereocenters. The molecular weight excluding hydrogens is 234 g/mol. The van der Waals surface area contributed by atoms with Crippen molar-refractivity contribution >= 4 is 9.84 Å². The summed E-state index contributed by atoms with van der Waals surface area (Å²) in [5, 5.41) is 3.33. The van der Waals surface area contributed by atoms with Crippen molar-refractivity contribution in [2.75, 3.05) is 13.3 Å². The van der Waals surface area contributed by atoms with Gasteiger partial charge in [0.2, 0.25) is 0 Å². The van der Waals surface area contributed by atoms with E-state index >= 15 is 0 Å². The third-order valence-corrected chi connectivity index (χ3v) is 6.14. The van der Waals surface area contributed by atoms with Gasteiger partial charge in [-0.15, -0.1) is 0 Å². The quantitative estimate of drug-likeness (QED) is 0.821. The Bertz CT molecular complexity index is 348. The summed E-state index contributed by atoms with van der Waals surface area (Å²) in [6, 6.07) is 0.534. The Hall–Kier alpha value is -0.0900. The summed E-state index contributed by atoms with van der Waals surface area (Å²) >= 11 is 0. The molecule has 1 N–H and O–H groups in total. The highest BCUT2D eigenvalue weighted by Gasteiger charge is 2.35. The fourth-order valence-corrected chi connectivity index (χ4v) is 4.39. The number of hydrogen-bond acceptors (Lipinski definition) is 3. The molecule has 3 atom stereocenters. The van der Waals surface area contributed by atoms with Crippen molar-refractivity contribution in [2.24, 2.45) is 11.8 Å². The first-order valence-electron chi connectivity index (χ1n) is 6.87. The van der Waals surface area contributed by atoms with Gasteiger partial charge in [-0.2, -0.15) is 0 Å². The van der Waals surface area contributed by atoms with Crippen LogP contribution >= 0.6 is 0 Å². The van der Waals surface area contributed by atoms with Gasteiger partial charge >= 0.3 is 0 Å². The Balaban J connectivity index is 1.94. The maximum Gasteiger partial charge on any atom is 0.150 e. The molecule has 0 heterocycles. The minimum Gasteiger partial charge on any atom is -0.317 e. The number of hydrogen-bond donors (Lipinski definition) is 1. The molecule has 3 nitrogen and oxygen atoms in total. The minimum atomic E-state index is -2.84. The Morgan fingerprint density at radius 1 is 1.24 bits per heavy atom. The lowest BCUT2D eigenvalue weighted by molar-refractivity contribution is 0.262. The van der Waals surface area contributed by atoms with E-state index in [-0.39, 0.29) is 5.25 Å². The summed E-state index contributed by atoms with van der Waals surface area (Å²) in [6.07, 6.45) is 9.41. The van der Waals surface area contributed by atoms with Crippen LogP contribution in [0.15, 0.2) is 0 Å². The molecule has 4 heteroatoms. The Morgan fingerprint density at radius 2 is 1.94 bits per heavy atom. The van der Waals surface area contributed by atoms with E-state index in [0.29, 0.717) is 12.0 Å². The van der Waals surface area contributed by atoms with Crippen molar-refractivity contribution < 1.29 is 8.42 Å². The molecule has 0 spiro atoms. The molecule has 2 aliphatic carbocycles. The predicted molar refractivity (Wildman–Crippen MR) is 70.8 cm³/mol. The predicted octanol–water partition coefficient (Wildman–Crippen LogP) is 1.98. The Morgan fingerprint density at radius 3 is 2.47 bits per heavy atom. The van der Waals surface area contributed by atoms with Gasteiger partial charge in [-0.05, 0) is 44.6 Å². The second-order valence-electron chi connectivity index (χ2n) is 5.95. The SMILES string of the molecule is CNC(CC1CC1)C1CCCC(S(C)(=O)=O)C1. The second kappa shape index (κ2) is 5.27.